The molecule has 0 atom stereocenters. The van der Waals surface area contributed by atoms with Crippen molar-refractivity contribution in [1.29, 1.82) is 0 Å². The van der Waals surface area contributed by atoms with Crippen molar-refractivity contribution in [3.05, 3.63) is 48.0 Å². The summed E-state index contributed by atoms with van der Waals surface area (Å²) < 4.78 is 37.6. The fourth-order valence-electron chi connectivity index (χ4n) is 2.80. The highest BCUT2D eigenvalue weighted by atomic mass is 32.2. The SMILES string of the molecule is CCCOc1ccc(/C=N\NC(=O)CN(C)S(=O)(=O)c2ccc(NC(C)=O)cc2)cc1OCC. The molecule has 0 aromatic heterocycles. The maximum absolute atomic E-state index is 12.7. The Balaban J connectivity index is 1.98. The number of rotatable bonds is 12. The third kappa shape index (κ3) is 7.85. The molecule has 11 heteroatoms. The van der Waals surface area contributed by atoms with Gasteiger partial charge >= 0.3 is 0 Å². The monoisotopic (exact) mass is 490 g/mol. The van der Waals surface area contributed by atoms with Crippen molar-refractivity contribution in [2.75, 3.05) is 32.1 Å². The standard InChI is InChI=1S/C23H30N4O6S/c1-5-13-33-21-12-7-18(14-22(21)32-6-2)15-24-26-23(29)16-27(4)34(30,31)20-10-8-19(9-11-20)25-17(3)28/h7-12,14-15H,5-6,13,16H2,1-4H3,(H,25,28)(H,26,29)/b24-15-. The average molecular weight is 491 g/mol. The molecule has 0 radical (unpaired) electrons. The number of benzene rings is 2. The molecule has 184 valence electrons. The fourth-order valence-corrected chi connectivity index (χ4v) is 3.93. The van der Waals surface area contributed by atoms with Crippen molar-refractivity contribution in [2.45, 2.75) is 32.1 Å². The summed E-state index contributed by atoms with van der Waals surface area (Å²) in [4.78, 5) is 23.3. The molecule has 2 rings (SSSR count). The highest BCUT2D eigenvalue weighted by Gasteiger charge is 2.22. The molecule has 34 heavy (non-hydrogen) atoms. The van der Waals surface area contributed by atoms with E-state index in [1.807, 2.05) is 13.8 Å². The van der Waals surface area contributed by atoms with E-state index in [2.05, 4.69) is 15.8 Å². The van der Waals surface area contributed by atoms with E-state index in [1.54, 1.807) is 18.2 Å². The van der Waals surface area contributed by atoms with Gasteiger partial charge in [0, 0.05) is 19.7 Å². The number of hydrazone groups is 1. The average Bonchev–Trinajstić information content (AvgIpc) is 2.78. The van der Waals surface area contributed by atoms with Crippen molar-refractivity contribution in [3.63, 3.8) is 0 Å². The van der Waals surface area contributed by atoms with Gasteiger partial charge in [-0.1, -0.05) is 6.92 Å². The van der Waals surface area contributed by atoms with Crippen LogP contribution in [0.1, 0.15) is 32.8 Å². The Hall–Kier alpha value is -3.44. The van der Waals surface area contributed by atoms with Crippen LogP contribution in [0, 0.1) is 0 Å². The van der Waals surface area contributed by atoms with Gasteiger partial charge in [0.05, 0.1) is 30.9 Å². The molecule has 0 spiro atoms. The second kappa shape index (κ2) is 12.7. The van der Waals surface area contributed by atoms with Crippen LogP contribution >= 0.6 is 0 Å². The summed E-state index contributed by atoms with van der Waals surface area (Å²) in [6.07, 6.45) is 2.30. The molecular weight excluding hydrogens is 460 g/mol. The van der Waals surface area contributed by atoms with Crippen LogP contribution in [-0.4, -0.2) is 57.6 Å². The number of amides is 2. The predicted octanol–water partition coefficient (Wildman–Crippen LogP) is 2.60. The van der Waals surface area contributed by atoms with E-state index in [0.29, 0.717) is 36.0 Å². The van der Waals surface area contributed by atoms with Gasteiger partial charge in [-0.25, -0.2) is 13.8 Å². The minimum Gasteiger partial charge on any atom is -0.490 e. The van der Waals surface area contributed by atoms with E-state index >= 15 is 0 Å². The molecule has 0 aliphatic rings. The van der Waals surface area contributed by atoms with Gasteiger partial charge in [0.25, 0.3) is 5.91 Å². The first-order valence-corrected chi connectivity index (χ1v) is 12.2. The zero-order valence-electron chi connectivity index (χ0n) is 19.7. The molecule has 0 saturated heterocycles. The van der Waals surface area contributed by atoms with Crippen molar-refractivity contribution < 1.29 is 27.5 Å². The molecule has 2 aromatic rings. The highest BCUT2D eigenvalue weighted by molar-refractivity contribution is 7.89. The number of hydrogen-bond donors (Lipinski definition) is 2. The van der Waals surface area contributed by atoms with Crippen LogP contribution in [0.5, 0.6) is 11.5 Å². The molecule has 0 fully saturated rings. The second-order valence-electron chi connectivity index (χ2n) is 7.25. The van der Waals surface area contributed by atoms with Gasteiger partial charge in [0.2, 0.25) is 15.9 Å². The third-order valence-corrected chi connectivity index (χ3v) is 6.20. The summed E-state index contributed by atoms with van der Waals surface area (Å²) in [7, 11) is -2.61. The summed E-state index contributed by atoms with van der Waals surface area (Å²) >= 11 is 0. The Morgan fingerprint density at radius 3 is 2.38 bits per heavy atom. The highest BCUT2D eigenvalue weighted by Crippen LogP contribution is 2.28. The molecule has 0 unspecified atom stereocenters. The zero-order valence-corrected chi connectivity index (χ0v) is 20.5. The van der Waals surface area contributed by atoms with Gasteiger partial charge in [-0.3, -0.25) is 9.59 Å². The lowest BCUT2D eigenvalue weighted by molar-refractivity contribution is -0.121. The molecule has 2 aromatic carbocycles. The van der Waals surface area contributed by atoms with Gasteiger partial charge in [-0.05, 0) is 61.4 Å². The number of ether oxygens (including phenoxy) is 2. The van der Waals surface area contributed by atoms with Crippen LogP contribution in [0.4, 0.5) is 5.69 Å². The first-order chi connectivity index (χ1) is 16.2. The van der Waals surface area contributed by atoms with E-state index < -0.39 is 22.5 Å². The van der Waals surface area contributed by atoms with Gasteiger partial charge in [0.15, 0.2) is 11.5 Å². The molecule has 0 heterocycles. The number of nitrogens with one attached hydrogen (secondary N) is 2. The molecule has 2 N–H and O–H groups in total. The number of likely N-dealkylation sites (N-methyl/N-ethyl adjacent to an activating group) is 1. The number of carbonyl (C=O) groups is 2. The lowest BCUT2D eigenvalue weighted by atomic mass is 10.2. The topological polar surface area (TPSA) is 126 Å². The fraction of sp³-hybridized carbons (Fsp3) is 0.348. The number of nitrogens with zero attached hydrogens (tertiary/aromatic N) is 2. The Bertz CT molecular complexity index is 1120. The van der Waals surface area contributed by atoms with E-state index in [4.69, 9.17) is 9.47 Å². The Morgan fingerprint density at radius 2 is 1.76 bits per heavy atom. The van der Waals surface area contributed by atoms with E-state index in [0.717, 1.165) is 10.7 Å². The van der Waals surface area contributed by atoms with Crippen LogP contribution in [0.3, 0.4) is 0 Å². The van der Waals surface area contributed by atoms with E-state index in [-0.39, 0.29) is 10.8 Å². The number of carbonyl (C=O) groups excluding carboxylic acids is 2. The normalized spacial score (nSPS) is 11.4. The van der Waals surface area contributed by atoms with Crippen LogP contribution in [0.25, 0.3) is 0 Å². The third-order valence-electron chi connectivity index (χ3n) is 4.38. The van der Waals surface area contributed by atoms with Gasteiger partial charge in [-0.2, -0.15) is 9.41 Å². The summed E-state index contributed by atoms with van der Waals surface area (Å²) in [6.45, 7) is 5.84. The van der Waals surface area contributed by atoms with Gasteiger partial charge < -0.3 is 14.8 Å². The molecule has 0 aliphatic heterocycles. The number of anilines is 1. The Morgan fingerprint density at radius 1 is 1.06 bits per heavy atom. The molecule has 0 aliphatic carbocycles. The Kier molecular flexibility index (Phi) is 10.0. The minimum absolute atomic E-state index is 0.00533. The van der Waals surface area contributed by atoms with Crippen molar-refractivity contribution in [3.8, 4) is 11.5 Å². The van der Waals surface area contributed by atoms with Gasteiger partial charge in [0.1, 0.15) is 0 Å². The maximum atomic E-state index is 12.7. The summed E-state index contributed by atoms with van der Waals surface area (Å²) in [5.41, 5.74) is 3.47. The molecule has 2 amide bonds. The summed E-state index contributed by atoms with van der Waals surface area (Å²) in [5, 5.41) is 6.46. The maximum Gasteiger partial charge on any atom is 0.255 e. The lowest BCUT2D eigenvalue weighted by Crippen LogP contribution is -2.36. The smallest absolute Gasteiger partial charge is 0.255 e. The zero-order chi connectivity index (χ0) is 25.1. The first-order valence-electron chi connectivity index (χ1n) is 10.7. The molecule has 0 saturated carbocycles. The van der Waals surface area contributed by atoms with Crippen LogP contribution in [0.15, 0.2) is 52.5 Å². The number of hydrogen-bond acceptors (Lipinski definition) is 7. The van der Waals surface area contributed by atoms with Crippen LogP contribution < -0.4 is 20.2 Å². The van der Waals surface area contributed by atoms with Gasteiger partial charge in [-0.15, -0.1) is 0 Å². The molecule has 0 bridgehead atoms. The quantitative estimate of drug-likeness (QED) is 0.348. The number of sulfonamides is 1. The first kappa shape index (κ1) is 26.8. The Labute approximate surface area is 200 Å². The van der Waals surface area contributed by atoms with Crippen LogP contribution in [0.2, 0.25) is 0 Å². The van der Waals surface area contributed by atoms with E-state index in [9.17, 15) is 18.0 Å². The molecule has 10 nitrogen and oxygen atoms in total. The van der Waals surface area contributed by atoms with Crippen molar-refractivity contribution in [1.82, 2.24) is 9.73 Å². The van der Waals surface area contributed by atoms with Crippen molar-refractivity contribution in [2.24, 2.45) is 5.10 Å². The van der Waals surface area contributed by atoms with E-state index in [1.165, 1.54) is 44.5 Å². The largest absolute Gasteiger partial charge is 0.490 e. The predicted molar refractivity (Wildman–Crippen MR) is 130 cm³/mol. The minimum atomic E-state index is -3.90. The summed E-state index contributed by atoms with van der Waals surface area (Å²) in [5.74, 6) is 0.327. The lowest BCUT2D eigenvalue weighted by Gasteiger charge is -2.16. The van der Waals surface area contributed by atoms with Crippen molar-refractivity contribution >= 4 is 33.7 Å². The molecular formula is C23H30N4O6S. The summed E-state index contributed by atoms with van der Waals surface area (Å²) in [6, 6.07) is 10.9. The second-order valence-corrected chi connectivity index (χ2v) is 9.29. The van der Waals surface area contributed by atoms with Crippen LogP contribution in [-0.2, 0) is 19.6 Å².